The first kappa shape index (κ1) is 74.8. The number of esters is 1. The number of nitrogens with one attached hydrogen (secondary N) is 1. The minimum atomic E-state index is -0.678. The van der Waals surface area contributed by atoms with Gasteiger partial charge in [-0.25, -0.2) is 0 Å². The highest BCUT2D eigenvalue weighted by atomic mass is 16.5. The average molecular weight is 1080 g/mol. The summed E-state index contributed by atoms with van der Waals surface area (Å²) in [6.45, 7) is 4.91. The van der Waals surface area contributed by atoms with Crippen molar-refractivity contribution in [2.75, 3.05) is 13.2 Å². The van der Waals surface area contributed by atoms with E-state index < -0.39 is 12.1 Å². The molecule has 0 spiro atoms. The van der Waals surface area contributed by atoms with Crippen LogP contribution in [0.25, 0.3) is 0 Å². The Balaban J connectivity index is 3.48. The van der Waals surface area contributed by atoms with E-state index >= 15 is 0 Å². The summed E-state index contributed by atoms with van der Waals surface area (Å²) < 4.78 is 5.47. The van der Waals surface area contributed by atoms with E-state index in [1.165, 1.54) is 244 Å². The SMILES string of the molecule is CCCCC/C=C\C/C=C\CCCCCCCCCCCC(=O)OCCCCC/C=C\C/C=C\CCCCCCCCCC(=O)NC(CO)C(O)CCCCCCCCCCCCCCCCCCCCCCCCCC. The van der Waals surface area contributed by atoms with Gasteiger partial charge < -0.3 is 20.3 Å². The zero-order valence-electron chi connectivity index (χ0n) is 51.7. The van der Waals surface area contributed by atoms with E-state index in [0.717, 1.165) is 89.9 Å². The molecule has 0 radical (unpaired) electrons. The van der Waals surface area contributed by atoms with Crippen LogP contribution in [0.2, 0.25) is 0 Å². The maximum atomic E-state index is 12.5. The topological polar surface area (TPSA) is 95.9 Å². The van der Waals surface area contributed by atoms with Crippen molar-refractivity contribution >= 4 is 11.9 Å². The van der Waals surface area contributed by atoms with Gasteiger partial charge in [-0.15, -0.1) is 0 Å². The Kier molecular flexibility index (Phi) is 64.5. The van der Waals surface area contributed by atoms with E-state index in [9.17, 15) is 19.8 Å². The molecule has 77 heavy (non-hydrogen) atoms. The molecular weight excluding hydrogens is 947 g/mol. The van der Waals surface area contributed by atoms with Gasteiger partial charge in [0.2, 0.25) is 5.91 Å². The number of amides is 1. The van der Waals surface area contributed by atoms with Crippen molar-refractivity contribution in [3.8, 4) is 0 Å². The van der Waals surface area contributed by atoms with Gasteiger partial charge in [0, 0.05) is 12.8 Å². The lowest BCUT2D eigenvalue weighted by atomic mass is 10.0. The van der Waals surface area contributed by atoms with Crippen molar-refractivity contribution in [1.29, 1.82) is 0 Å². The van der Waals surface area contributed by atoms with Gasteiger partial charge >= 0.3 is 5.97 Å². The molecule has 0 rings (SSSR count). The van der Waals surface area contributed by atoms with Gasteiger partial charge in [-0.3, -0.25) is 9.59 Å². The zero-order valence-corrected chi connectivity index (χ0v) is 51.7. The number of carbonyl (C=O) groups is 2. The molecule has 0 aliphatic rings. The Morgan fingerprint density at radius 2 is 0.649 bits per heavy atom. The van der Waals surface area contributed by atoms with Crippen LogP contribution < -0.4 is 5.32 Å². The van der Waals surface area contributed by atoms with Crippen molar-refractivity contribution in [2.24, 2.45) is 0 Å². The molecule has 0 aliphatic carbocycles. The minimum absolute atomic E-state index is 0.0187. The Hall–Kier alpha value is -2.18. The highest BCUT2D eigenvalue weighted by Gasteiger charge is 2.20. The standard InChI is InChI=1S/C71H133NO5/c1-3-5-7-9-11-13-15-17-19-21-23-24-25-26-27-29-31-35-39-43-47-51-55-59-63-69(74)68(67-73)72-70(75)64-60-56-52-48-44-40-36-32-30-34-38-42-46-50-54-58-62-66-77-71(76)65-61-57-53-49-45-41-37-33-28-22-20-18-16-14-12-10-8-6-4-2/h12,14,18,20,30,34,42,46,68-69,73-74H,3-11,13,15-17,19,21-29,31-33,35-41,43-45,47-67H2,1-2H3,(H,72,75)/b14-12-,20-18-,34-30-,46-42-. The molecule has 0 bridgehead atoms. The van der Waals surface area contributed by atoms with Crippen LogP contribution in [0, 0.1) is 0 Å². The Bertz CT molecular complexity index is 1290. The quantitative estimate of drug-likeness (QED) is 0.0320. The number of hydrogen-bond acceptors (Lipinski definition) is 5. The smallest absolute Gasteiger partial charge is 0.305 e. The Morgan fingerprint density at radius 1 is 0.364 bits per heavy atom. The first-order chi connectivity index (χ1) is 38.0. The largest absolute Gasteiger partial charge is 0.466 e. The van der Waals surface area contributed by atoms with Gasteiger partial charge in [-0.1, -0.05) is 306 Å². The van der Waals surface area contributed by atoms with Gasteiger partial charge in [-0.2, -0.15) is 0 Å². The fourth-order valence-corrected chi connectivity index (χ4v) is 10.6. The molecule has 1 amide bonds. The van der Waals surface area contributed by atoms with Crippen molar-refractivity contribution < 1.29 is 24.5 Å². The lowest BCUT2D eigenvalue weighted by Gasteiger charge is -2.22. The van der Waals surface area contributed by atoms with Crippen LogP contribution in [0.5, 0.6) is 0 Å². The predicted octanol–water partition coefficient (Wildman–Crippen LogP) is 22.1. The molecule has 0 fully saturated rings. The molecule has 0 aromatic rings. The first-order valence-electron chi connectivity index (χ1n) is 34.4. The van der Waals surface area contributed by atoms with Crippen LogP contribution in [0.3, 0.4) is 0 Å². The van der Waals surface area contributed by atoms with Gasteiger partial charge in [0.1, 0.15) is 0 Å². The fraction of sp³-hybridized carbons (Fsp3) is 0.859. The molecule has 3 N–H and O–H groups in total. The van der Waals surface area contributed by atoms with Gasteiger partial charge in [-0.05, 0) is 96.3 Å². The predicted molar refractivity (Wildman–Crippen MR) is 338 cm³/mol. The van der Waals surface area contributed by atoms with E-state index in [2.05, 4.69) is 67.8 Å². The molecule has 452 valence electrons. The monoisotopic (exact) mass is 1080 g/mol. The summed E-state index contributed by atoms with van der Waals surface area (Å²) in [7, 11) is 0. The number of hydrogen-bond donors (Lipinski definition) is 3. The van der Waals surface area contributed by atoms with Crippen LogP contribution in [-0.2, 0) is 14.3 Å². The molecule has 0 aromatic heterocycles. The highest BCUT2D eigenvalue weighted by Crippen LogP contribution is 2.18. The molecule has 6 heteroatoms. The zero-order chi connectivity index (χ0) is 55.7. The molecule has 0 saturated carbocycles. The van der Waals surface area contributed by atoms with Crippen molar-refractivity contribution in [3.05, 3.63) is 48.6 Å². The van der Waals surface area contributed by atoms with Crippen LogP contribution in [0.15, 0.2) is 48.6 Å². The summed E-state index contributed by atoms with van der Waals surface area (Å²) in [6.07, 6.45) is 85.7. The van der Waals surface area contributed by atoms with Crippen molar-refractivity contribution in [1.82, 2.24) is 5.32 Å². The summed E-state index contributed by atoms with van der Waals surface area (Å²) in [5, 5.41) is 23.4. The minimum Gasteiger partial charge on any atom is -0.466 e. The van der Waals surface area contributed by atoms with Crippen LogP contribution in [0.1, 0.15) is 367 Å². The summed E-state index contributed by atoms with van der Waals surface area (Å²) >= 11 is 0. The number of ether oxygens (including phenoxy) is 1. The van der Waals surface area contributed by atoms with Crippen molar-refractivity contribution in [3.63, 3.8) is 0 Å². The van der Waals surface area contributed by atoms with E-state index in [1.807, 2.05) is 0 Å². The number of carbonyl (C=O) groups excluding carboxylic acids is 2. The van der Waals surface area contributed by atoms with Gasteiger partial charge in [0.25, 0.3) is 0 Å². The lowest BCUT2D eigenvalue weighted by Crippen LogP contribution is -2.45. The van der Waals surface area contributed by atoms with Gasteiger partial charge in [0.15, 0.2) is 0 Å². The maximum Gasteiger partial charge on any atom is 0.305 e. The second-order valence-corrected chi connectivity index (χ2v) is 23.5. The maximum absolute atomic E-state index is 12.5. The number of rotatable bonds is 64. The molecule has 0 heterocycles. The number of aliphatic hydroxyl groups excluding tert-OH is 2. The molecule has 6 nitrogen and oxygen atoms in total. The summed E-state index contributed by atoms with van der Waals surface area (Å²) in [5.41, 5.74) is 0. The highest BCUT2D eigenvalue weighted by molar-refractivity contribution is 5.76. The summed E-state index contributed by atoms with van der Waals surface area (Å²) in [5.74, 6) is -0.0667. The van der Waals surface area contributed by atoms with Crippen LogP contribution in [-0.4, -0.2) is 47.4 Å². The molecule has 0 aliphatic heterocycles. The third-order valence-electron chi connectivity index (χ3n) is 15.9. The average Bonchev–Trinajstić information content (AvgIpc) is 3.43. The molecular formula is C71H133NO5. The second kappa shape index (κ2) is 66.3. The molecule has 2 unspecified atom stereocenters. The van der Waals surface area contributed by atoms with E-state index in [0.29, 0.717) is 25.9 Å². The third-order valence-corrected chi connectivity index (χ3v) is 15.9. The Labute approximate surface area is 480 Å². The van der Waals surface area contributed by atoms with Crippen LogP contribution in [0.4, 0.5) is 0 Å². The Morgan fingerprint density at radius 3 is 1.01 bits per heavy atom. The molecule has 0 saturated heterocycles. The summed E-state index contributed by atoms with van der Waals surface area (Å²) in [6, 6.07) is -0.556. The van der Waals surface area contributed by atoms with Crippen LogP contribution >= 0.6 is 0 Å². The first-order valence-corrected chi connectivity index (χ1v) is 34.4. The van der Waals surface area contributed by atoms with Crippen molar-refractivity contribution in [2.45, 2.75) is 379 Å². The van der Waals surface area contributed by atoms with E-state index in [1.54, 1.807) is 0 Å². The molecule has 2 atom stereocenters. The number of unbranched alkanes of at least 4 members (excludes halogenated alkanes) is 45. The third kappa shape index (κ3) is 62.9. The van der Waals surface area contributed by atoms with E-state index in [-0.39, 0.29) is 18.5 Å². The lowest BCUT2D eigenvalue weighted by molar-refractivity contribution is -0.143. The summed E-state index contributed by atoms with van der Waals surface area (Å²) in [4.78, 5) is 24.6. The van der Waals surface area contributed by atoms with E-state index in [4.69, 9.17) is 4.74 Å². The van der Waals surface area contributed by atoms with Gasteiger partial charge in [0.05, 0.1) is 25.4 Å². The number of allylic oxidation sites excluding steroid dienone is 8. The second-order valence-electron chi connectivity index (χ2n) is 23.5. The fourth-order valence-electron chi connectivity index (χ4n) is 10.6. The normalized spacial score (nSPS) is 12.8. The molecule has 0 aromatic carbocycles. The number of aliphatic hydroxyl groups is 2.